The van der Waals surface area contributed by atoms with E-state index >= 15 is 0 Å². The van der Waals surface area contributed by atoms with Crippen molar-refractivity contribution in [2.24, 2.45) is 46.1 Å². The molecular formula is C28H62N10O10. The van der Waals surface area contributed by atoms with Crippen LogP contribution in [0.4, 0.5) is 0 Å². The molecule has 5 atom stereocenters. The van der Waals surface area contributed by atoms with Gasteiger partial charge >= 0.3 is 29.8 Å². The lowest BCUT2D eigenvalue weighted by atomic mass is 10.1. The van der Waals surface area contributed by atoms with Crippen molar-refractivity contribution >= 4 is 35.8 Å². The summed E-state index contributed by atoms with van der Waals surface area (Å²) in [4.78, 5) is 50.6. The number of nitrogens with one attached hydrogen (secondary N) is 3. The second kappa shape index (κ2) is 33.2. The maximum absolute atomic E-state index is 10.2. The van der Waals surface area contributed by atoms with Gasteiger partial charge in [0.1, 0.15) is 30.2 Å². The number of nitrogens with two attached hydrogens (primary N) is 7. The summed E-state index contributed by atoms with van der Waals surface area (Å²) >= 11 is 0. The topological polar surface area (TPSA) is 417 Å². The summed E-state index contributed by atoms with van der Waals surface area (Å²) in [6.45, 7) is 6.10. The normalized spacial score (nSPS) is 15.5. The van der Waals surface area contributed by atoms with Gasteiger partial charge in [0.05, 0.1) is 0 Å². The Morgan fingerprint density at radius 3 is 1.33 bits per heavy atom. The molecule has 1 heterocycles. The minimum absolute atomic E-state index is 0.0208. The summed E-state index contributed by atoms with van der Waals surface area (Å²) in [6.07, 6.45) is 7.09. The molecule has 1 fully saturated rings. The number of carbonyl (C=O) groups is 5. The Hall–Kier alpha value is -3.66. The zero-order valence-corrected chi connectivity index (χ0v) is 28.2. The molecule has 0 aromatic rings. The van der Waals surface area contributed by atoms with Gasteiger partial charge in [-0.2, -0.15) is 0 Å². The van der Waals surface area contributed by atoms with Crippen molar-refractivity contribution in [3.05, 3.63) is 0 Å². The molecule has 48 heavy (non-hydrogen) atoms. The van der Waals surface area contributed by atoms with Crippen molar-refractivity contribution < 1.29 is 49.5 Å². The van der Waals surface area contributed by atoms with Gasteiger partial charge in [0.2, 0.25) is 0 Å². The highest BCUT2D eigenvalue weighted by Gasteiger charge is 2.20. The van der Waals surface area contributed by atoms with E-state index in [4.69, 9.17) is 71.1 Å². The number of rotatable bonds is 18. The van der Waals surface area contributed by atoms with E-state index in [1.165, 1.54) is 0 Å². The average molecular weight is 699 g/mol. The summed E-state index contributed by atoms with van der Waals surface area (Å²) in [6, 6.07) is -3.23. The third-order valence-corrected chi connectivity index (χ3v) is 6.26. The first kappa shape index (κ1) is 51.2. The van der Waals surface area contributed by atoms with Crippen LogP contribution in [0.15, 0.2) is 0 Å². The largest absolute Gasteiger partial charge is 0.480 e. The minimum Gasteiger partial charge on any atom is -0.480 e. The van der Waals surface area contributed by atoms with E-state index in [0.29, 0.717) is 45.3 Å². The number of hydrogen-bond donors (Lipinski definition) is 15. The number of aliphatic carboxylic acids is 5. The van der Waals surface area contributed by atoms with E-state index in [9.17, 15) is 24.0 Å². The second-order valence-corrected chi connectivity index (χ2v) is 11.0. The molecule has 0 bridgehead atoms. The van der Waals surface area contributed by atoms with Crippen molar-refractivity contribution in [3.63, 3.8) is 0 Å². The van der Waals surface area contributed by atoms with Crippen LogP contribution in [0.25, 0.3) is 0 Å². The van der Waals surface area contributed by atoms with Crippen LogP contribution >= 0.6 is 0 Å². The number of unbranched alkanes of at least 4 members (excludes halogenated alkanes) is 2. The molecule has 1 aliphatic rings. The monoisotopic (exact) mass is 698 g/mol. The van der Waals surface area contributed by atoms with E-state index < -0.39 is 54.0 Å². The standard InChI is InChI=1S/C6H14N4O2.2C6H14N2O2.C5H9NO2.C5H11NO2/c7-4(5(11)12)2-1-3-10-6(8)9;2*7-4-2-1-3-5(8)6(9)10;7-5(8)4-2-1-3-6-4;1-3(2)4(6)5(7)8/h4H,1-3,7H2,(H,11,12)(H4,8,9,10);2*5H,1-4,7-8H2,(H,9,10);4,6H,1-3H2,(H,7,8);3-4H,6H2,1-2H3,(H,7,8)/t;;;4-;/m...0./s1. The lowest BCUT2D eigenvalue weighted by Crippen LogP contribution is -2.34. The van der Waals surface area contributed by atoms with E-state index in [-0.39, 0.29) is 17.9 Å². The average Bonchev–Trinajstić information content (AvgIpc) is 3.56. The molecule has 0 amide bonds. The summed E-state index contributed by atoms with van der Waals surface area (Å²) < 4.78 is 0. The Bertz CT molecular complexity index is 855. The molecule has 20 heteroatoms. The minimum atomic E-state index is -1.00. The van der Waals surface area contributed by atoms with Gasteiger partial charge in [0, 0.05) is 6.54 Å². The SMILES string of the molecule is CC(C)C(N)C(=O)O.N=C(N)NCCCC(N)C(=O)O.NCCCCC(N)C(=O)O.NCCCCC(N)C(=O)O.O=C(O)[C@@H]1CCCN1. The van der Waals surface area contributed by atoms with Gasteiger partial charge in [0.25, 0.3) is 0 Å². The highest BCUT2D eigenvalue weighted by atomic mass is 16.4. The molecule has 0 saturated carbocycles. The first-order valence-electron chi connectivity index (χ1n) is 15.6. The molecule has 22 N–H and O–H groups in total. The number of guanidine groups is 1. The van der Waals surface area contributed by atoms with Crippen LogP contribution in [0.5, 0.6) is 0 Å². The summed E-state index contributed by atoms with van der Waals surface area (Å²) in [5, 5.41) is 53.8. The Balaban J connectivity index is -0.000000254. The van der Waals surface area contributed by atoms with E-state index in [1.807, 2.05) is 0 Å². The maximum atomic E-state index is 10.2. The fraction of sp³-hybridized carbons (Fsp3) is 0.786. The third-order valence-electron chi connectivity index (χ3n) is 6.26. The summed E-state index contributed by atoms with van der Waals surface area (Å²) in [5.41, 5.74) is 36.2. The van der Waals surface area contributed by atoms with Crippen LogP contribution in [0.1, 0.15) is 78.1 Å². The molecule has 0 radical (unpaired) electrons. The zero-order chi connectivity index (χ0) is 38.2. The fourth-order valence-electron chi connectivity index (χ4n) is 3.11. The molecule has 0 spiro atoms. The molecule has 0 aliphatic carbocycles. The molecular weight excluding hydrogens is 636 g/mol. The molecule has 1 saturated heterocycles. The lowest BCUT2D eigenvalue weighted by Gasteiger charge is -2.07. The van der Waals surface area contributed by atoms with Gasteiger partial charge in [0.15, 0.2) is 5.96 Å². The Morgan fingerprint density at radius 2 is 1.12 bits per heavy atom. The smallest absolute Gasteiger partial charge is 0.320 e. The van der Waals surface area contributed by atoms with Gasteiger partial charge in [-0.15, -0.1) is 0 Å². The predicted molar refractivity (Wildman–Crippen MR) is 181 cm³/mol. The lowest BCUT2D eigenvalue weighted by molar-refractivity contribution is -0.140. The Kier molecular flexibility index (Phi) is 35.5. The molecule has 1 rings (SSSR count). The van der Waals surface area contributed by atoms with Gasteiger partial charge in [-0.3, -0.25) is 29.4 Å². The third kappa shape index (κ3) is 36.8. The second-order valence-electron chi connectivity index (χ2n) is 11.0. The molecule has 0 aromatic heterocycles. The molecule has 4 unspecified atom stereocenters. The fourth-order valence-corrected chi connectivity index (χ4v) is 3.11. The van der Waals surface area contributed by atoms with Crippen molar-refractivity contribution in [2.45, 2.75) is 108 Å². The van der Waals surface area contributed by atoms with E-state index in [2.05, 4.69) is 10.6 Å². The molecule has 0 aromatic carbocycles. The van der Waals surface area contributed by atoms with Crippen LogP contribution in [0.3, 0.4) is 0 Å². The van der Waals surface area contributed by atoms with Crippen LogP contribution < -0.4 is 50.8 Å². The van der Waals surface area contributed by atoms with Crippen molar-refractivity contribution in [1.29, 1.82) is 5.41 Å². The van der Waals surface area contributed by atoms with Crippen LogP contribution in [-0.2, 0) is 24.0 Å². The highest BCUT2D eigenvalue weighted by Crippen LogP contribution is 2.03. The number of carboxylic acids is 5. The first-order valence-corrected chi connectivity index (χ1v) is 15.6. The molecule has 1 aliphatic heterocycles. The van der Waals surface area contributed by atoms with Crippen molar-refractivity contribution in [3.8, 4) is 0 Å². The van der Waals surface area contributed by atoms with Gasteiger partial charge in [-0.25, -0.2) is 0 Å². The van der Waals surface area contributed by atoms with Gasteiger partial charge < -0.3 is 76.3 Å². The Morgan fingerprint density at radius 1 is 0.729 bits per heavy atom. The predicted octanol–water partition coefficient (Wildman–Crippen LogP) is -2.41. The maximum Gasteiger partial charge on any atom is 0.320 e. The summed E-state index contributed by atoms with van der Waals surface area (Å²) in [5.74, 6) is -4.61. The van der Waals surface area contributed by atoms with E-state index in [0.717, 1.165) is 45.1 Å². The first-order chi connectivity index (χ1) is 22.3. The number of carboxylic acid groups (broad SMARTS) is 5. The quantitative estimate of drug-likeness (QED) is 0.0402. The highest BCUT2D eigenvalue weighted by molar-refractivity contribution is 5.75. The Labute approximate surface area is 282 Å². The van der Waals surface area contributed by atoms with Gasteiger partial charge in [-0.05, 0) is 76.9 Å². The van der Waals surface area contributed by atoms with E-state index in [1.54, 1.807) is 13.8 Å². The van der Waals surface area contributed by atoms with Crippen LogP contribution in [0, 0.1) is 11.3 Å². The number of hydrogen-bond acceptors (Lipinski definition) is 13. The zero-order valence-electron chi connectivity index (χ0n) is 28.2. The van der Waals surface area contributed by atoms with Crippen molar-refractivity contribution in [1.82, 2.24) is 10.6 Å². The molecule has 284 valence electrons. The molecule has 20 nitrogen and oxygen atoms in total. The van der Waals surface area contributed by atoms with Crippen LogP contribution in [-0.4, -0.2) is 118 Å². The van der Waals surface area contributed by atoms with Crippen molar-refractivity contribution in [2.75, 3.05) is 26.2 Å². The summed E-state index contributed by atoms with van der Waals surface area (Å²) in [7, 11) is 0. The van der Waals surface area contributed by atoms with Crippen LogP contribution in [0.2, 0.25) is 0 Å². The van der Waals surface area contributed by atoms with Gasteiger partial charge in [-0.1, -0.05) is 26.7 Å².